The summed E-state index contributed by atoms with van der Waals surface area (Å²) in [6, 6.07) is 0. The van der Waals surface area contributed by atoms with Gasteiger partial charge in [-0.05, 0) is 19.8 Å². The number of amides is 1. The third kappa shape index (κ3) is 4.62. The molecule has 1 saturated carbocycles. The van der Waals surface area contributed by atoms with Gasteiger partial charge in [-0.1, -0.05) is 19.3 Å². The van der Waals surface area contributed by atoms with Gasteiger partial charge in [-0.15, -0.1) is 0 Å². The number of hydrogen-bond acceptors (Lipinski definition) is 3. The molecule has 1 aliphatic rings. The molecule has 0 unspecified atom stereocenters. The van der Waals surface area contributed by atoms with Crippen molar-refractivity contribution in [2.24, 2.45) is 5.73 Å². The summed E-state index contributed by atoms with van der Waals surface area (Å²) in [4.78, 5) is 11.1. The van der Waals surface area contributed by atoms with Gasteiger partial charge in [0.2, 0.25) is 5.91 Å². The Labute approximate surface area is 91.5 Å². The number of carbonyl (C=O) groups excluding carboxylic acids is 1. The topological polar surface area (TPSA) is 64.3 Å². The summed E-state index contributed by atoms with van der Waals surface area (Å²) in [6.07, 6.45) is 5.67. The van der Waals surface area contributed by atoms with Crippen molar-refractivity contribution < 1.29 is 9.53 Å². The quantitative estimate of drug-likeness (QED) is 0.711. The number of nitrogens with two attached hydrogens (primary N) is 1. The number of likely N-dealkylation sites (N-methyl/N-ethyl adjacent to an activating group) is 1. The van der Waals surface area contributed by atoms with E-state index in [1.165, 1.54) is 19.3 Å². The molecule has 0 aromatic rings. The molecule has 15 heavy (non-hydrogen) atoms. The highest BCUT2D eigenvalue weighted by Crippen LogP contribution is 2.25. The van der Waals surface area contributed by atoms with Crippen molar-refractivity contribution in [1.29, 1.82) is 0 Å². The van der Waals surface area contributed by atoms with E-state index in [2.05, 4.69) is 5.32 Å². The first-order valence-corrected chi connectivity index (χ1v) is 5.80. The summed E-state index contributed by atoms with van der Waals surface area (Å²) >= 11 is 0. The van der Waals surface area contributed by atoms with Crippen LogP contribution in [-0.2, 0) is 9.53 Å². The van der Waals surface area contributed by atoms with Gasteiger partial charge in [0.25, 0.3) is 0 Å². The molecule has 0 saturated heterocycles. The van der Waals surface area contributed by atoms with Crippen LogP contribution in [0.2, 0.25) is 0 Å². The van der Waals surface area contributed by atoms with E-state index in [0.717, 1.165) is 12.8 Å². The zero-order valence-corrected chi connectivity index (χ0v) is 9.55. The molecule has 3 N–H and O–H groups in total. The molecule has 0 aliphatic heterocycles. The molecule has 4 nitrogen and oxygen atoms in total. The molecule has 0 aromatic heterocycles. The zero-order valence-electron chi connectivity index (χ0n) is 9.55. The lowest BCUT2D eigenvalue weighted by Crippen LogP contribution is -2.46. The van der Waals surface area contributed by atoms with E-state index in [-0.39, 0.29) is 18.1 Å². The van der Waals surface area contributed by atoms with Crippen LogP contribution < -0.4 is 11.1 Å². The van der Waals surface area contributed by atoms with Gasteiger partial charge in [-0.2, -0.15) is 0 Å². The van der Waals surface area contributed by atoms with Gasteiger partial charge in [0.05, 0.1) is 6.61 Å². The Bertz CT molecular complexity index is 201. The third-order valence-electron chi connectivity index (χ3n) is 2.85. The lowest BCUT2D eigenvalue weighted by Gasteiger charge is -2.32. The summed E-state index contributed by atoms with van der Waals surface area (Å²) in [5.41, 5.74) is 5.97. The largest absolute Gasteiger partial charge is 0.370 e. The zero-order chi connectivity index (χ0) is 11.1. The van der Waals surface area contributed by atoms with Crippen LogP contribution in [0.1, 0.15) is 39.0 Å². The first-order chi connectivity index (χ1) is 7.16. The maximum absolute atomic E-state index is 11.1. The van der Waals surface area contributed by atoms with Crippen LogP contribution >= 0.6 is 0 Å². The Hall–Kier alpha value is -0.610. The summed E-state index contributed by atoms with van der Waals surface area (Å²) in [7, 11) is 0. The normalized spacial score (nSPS) is 19.9. The van der Waals surface area contributed by atoms with Crippen LogP contribution in [0.15, 0.2) is 0 Å². The molecule has 0 heterocycles. The molecular weight excluding hydrogens is 192 g/mol. The highest BCUT2D eigenvalue weighted by Gasteiger charge is 2.27. The Morgan fingerprint density at radius 2 is 2.07 bits per heavy atom. The monoisotopic (exact) mass is 214 g/mol. The summed E-state index contributed by atoms with van der Waals surface area (Å²) in [5.74, 6) is -0.0584. The minimum Gasteiger partial charge on any atom is -0.370 e. The number of nitrogens with one attached hydrogen (secondary N) is 1. The molecule has 1 fully saturated rings. The van der Waals surface area contributed by atoms with Crippen molar-refractivity contribution in [3.05, 3.63) is 0 Å². The summed E-state index contributed by atoms with van der Waals surface area (Å²) in [5, 5.41) is 2.69. The highest BCUT2D eigenvalue weighted by atomic mass is 16.5. The molecule has 1 rings (SSSR count). The van der Waals surface area contributed by atoms with E-state index in [1.807, 2.05) is 6.92 Å². The van der Waals surface area contributed by atoms with Crippen LogP contribution in [0.3, 0.4) is 0 Å². The fraction of sp³-hybridized carbons (Fsp3) is 0.909. The van der Waals surface area contributed by atoms with E-state index >= 15 is 0 Å². The van der Waals surface area contributed by atoms with Crippen molar-refractivity contribution >= 4 is 5.91 Å². The lowest BCUT2D eigenvalue weighted by atomic mass is 9.83. The van der Waals surface area contributed by atoms with E-state index in [9.17, 15) is 4.79 Å². The van der Waals surface area contributed by atoms with Crippen molar-refractivity contribution in [2.75, 3.05) is 19.8 Å². The summed E-state index contributed by atoms with van der Waals surface area (Å²) in [6.45, 7) is 3.18. The van der Waals surface area contributed by atoms with Gasteiger partial charge in [-0.3, -0.25) is 4.79 Å². The predicted octanol–water partition coefficient (Wildman–Crippen LogP) is 0.801. The SMILES string of the molecule is CCNC(=O)COCC1(N)CCCCC1. The Balaban J connectivity index is 2.15. The van der Waals surface area contributed by atoms with Gasteiger partial charge in [0, 0.05) is 12.1 Å². The second-order valence-electron chi connectivity index (χ2n) is 4.37. The molecule has 4 heteroatoms. The fourth-order valence-electron chi connectivity index (χ4n) is 2.00. The molecular formula is C11H22N2O2. The van der Waals surface area contributed by atoms with Crippen LogP contribution in [0.4, 0.5) is 0 Å². The Morgan fingerprint density at radius 3 is 2.67 bits per heavy atom. The van der Waals surface area contributed by atoms with Gasteiger partial charge in [-0.25, -0.2) is 0 Å². The molecule has 0 atom stereocenters. The maximum atomic E-state index is 11.1. The number of hydrogen-bond donors (Lipinski definition) is 2. The molecule has 0 radical (unpaired) electrons. The van der Waals surface area contributed by atoms with E-state index in [1.54, 1.807) is 0 Å². The lowest BCUT2D eigenvalue weighted by molar-refractivity contribution is -0.126. The first kappa shape index (κ1) is 12.5. The van der Waals surface area contributed by atoms with Crippen molar-refractivity contribution in [3.8, 4) is 0 Å². The number of carbonyl (C=O) groups is 1. The van der Waals surface area contributed by atoms with Crippen LogP contribution in [-0.4, -0.2) is 31.2 Å². The van der Waals surface area contributed by atoms with Gasteiger partial charge in [0.1, 0.15) is 6.61 Å². The minimum atomic E-state index is -0.190. The van der Waals surface area contributed by atoms with Crippen molar-refractivity contribution in [1.82, 2.24) is 5.32 Å². The molecule has 1 aliphatic carbocycles. The fourth-order valence-corrected chi connectivity index (χ4v) is 2.00. The molecule has 1 amide bonds. The van der Waals surface area contributed by atoms with Crippen molar-refractivity contribution in [2.45, 2.75) is 44.6 Å². The Kier molecular flexibility index (Phi) is 5.05. The van der Waals surface area contributed by atoms with E-state index < -0.39 is 0 Å². The molecule has 0 bridgehead atoms. The van der Waals surface area contributed by atoms with Gasteiger partial charge < -0.3 is 15.8 Å². The Morgan fingerprint density at radius 1 is 1.40 bits per heavy atom. The predicted molar refractivity (Wildman–Crippen MR) is 59.5 cm³/mol. The summed E-state index contributed by atoms with van der Waals surface area (Å²) < 4.78 is 5.35. The second-order valence-corrected chi connectivity index (χ2v) is 4.37. The number of rotatable bonds is 5. The van der Waals surface area contributed by atoms with Crippen molar-refractivity contribution in [3.63, 3.8) is 0 Å². The standard InChI is InChI=1S/C11H22N2O2/c1-2-13-10(14)8-15-9-11(12)6-4-3-5-7-11/h2-9,12H2,1H3,(H,13,14). The first-order valence-electron chi connectivity index (χ1n) is 5.80. The minimum absolute atomic E-state index is 0.0584. The van der Waals surface area contributed by atoms with E-state index in [4.69, 9.17) is 10.5 Å². The van der Waals surface area contributed by atoms with Crippen LogP contribution in [0.25, 0.3) is 0 Å². The smallest absolute Gasteiger partial charge is 0.245 e. The van der Waals surface area contributed by atoms with Crippen LogP contribution in [0, 0.1) is 0 Å². The maximum Gasteiger partial charge on any atom is 0.245 e. The third-order valence-corrected chi connectivity index (χ3v) is 2.85. The highest BCUT2D eigenvalue weighted by molar-refractivity contribution is 5.77. The average Bonchev–Trinajstić information content (AvgIpc) is 2.19. The molecule has 0 aromatic carbocycles. The molecule has 0 spiro atoms. The average molecular weight is 214 g/mol. The van der Waals surface area contributed by atoms with Gasteiger partial charge in [0.15, 0.2) is 0 Å². The molecule has 88 valence electrons. The van der Waals surface area contributed by atoms with E-state index in [0.29, 0.717) is 13.2 Å². The number of ether oxygens (including phenoxy) is 1. The van der Waals surface area contributed by atoms with Crippen LogP contribution in [0.5, 0.6) is 0 Å². The van der Waals surface area contributed by atoms with Gasteiger partial charge >= 0.3 is 0 Å². The second kappa shape index (κ2) is 6.08.